The molecule has 0 heterocycles. The molecule has 0 unspecified atom stereocenters. The van der Waals surface area contributed by atoms with Gasteiger partial charge in [0.15, 0.2) is 0 Å². The lowest BCUT2D eigenvalue weighted by Gasteiger charge is -2.17. The number of aliphatic carboxylic acids is 1. The van der Waals surface area contributed by atoms with Gasteiger partial charge in [-0.2, -0.15) is 12.6 Å². The van der Waals surface area contributed by atoms with E-state index in [4.69, 9.17) is 5.11 Å². The Balaban J connectivity index is 4.10. The van der Waals surface area contributed by atoms with E-state index in [1.165, 1.54) is 0 Å². The highest BCUT2D eigenvalue weighted by molar-refractivity contribution is 7.80. The molecule has 13 heavy (non-hydrogen) atoms. The third-order valence-corrected chi connectivity index (χ3v) is 1.81. The predicted molar refractivity (Wildman–Crippen MR) is 52.9 cm³/mol. The van der Waals surface area contributed by atoms with Gasteiger partial charge in [0.25, 0.3) is 0 Å². The number of nitrogens with one attached hydrogen (secondary N) is 1. The van der Waals surface area contributed by atoms with Crippen LogP contribution in [0.2, 0.25) is 0 Å². The van der Waals surface area contributed by atoms with Crippen LogP contribution in [0.15, 0.2) is 0 Å². The molecule has 76 valence electrons. The van der Waals surface area contributed by atoms with Gasteiger partial charge in [0.2, 0.25) is 5.91 Å². The lowest BCUT2D eigenvalue weighted by atomic mass is 10.0. The summed E-state index contributed by atoms with van der Waals surface area (Å²) in [6.07, 6.45) is 0.250. The van der Waals surface area contributed by atoms with Crippen LogP contribution < -0.4 is 5.32 Å². The highest BCUT2D eigenvalue weighted by atomic mass is 32.1. The lowest BCUT2D eigenvalue weighted by molar-refractivity contribution is -0.143. The maximum Gasteiger partial charge on any atom is 0.326 e. The first-order valence-corrected chi connectivity index (χ1v) is 4.75. The fourth-order valence-corrected chi connectivity index (χ4v) is 1.06. The summed E-state index contributed by atoms with van der Waals surface area (Å²) in [5.41, 5.74) is 0. The van der Waals surface area contributed by atoms with Crippen molar-refractivity contribution < 1.29 is 14.7 Å². The monoisotopic (exact) mass is 205 g/mol. The Labute approximate surface area is 83.1 Å². The molecule has 0 aromatic heterocycles. The van der Waals surface area contributed by atoms with E-state index in [2.05, 4.69) is 17.9 Å². The minimum Gasteiger partial charge on any atom is -0.480 e. The molecule has 0 aromatic carbocycles. The van der Waals surface area contributed by atoms with Gasteiger partial charge in [-0.15, -0.1) is 0 Å². The first-order chi connectivity index (χ1) is 5.99. The van der Waals surface area contributed by atoms with Gasteiger partial charge in [-0.1, -0.05) is 13.8 Å². The van der Waals surface area contributed by atoms with Crippen LogP contribution in [-0.2, 0) is 9.59 Å². The van der Waals surface area contributed by atoms with Crippen LogP contribution in [0.5, 0.6) is 0 Å². The van der Waals surface area contributed by atoms with Crippen molar-refractivity contribution in [3.63, 3.8) is 0 Å². The van der Waals surface area contributed by atoms with Gasteiger partial charge in [-0.3, -0.25) is 4.79 Å². The molecule has 0 saturated carbocycles. The zero-order valence-corrected chi connectivity index (χ0v) is 8.67. The first-order valence-electron chi connectivity index (χ1n) is 4.12. The van der Waals surface area contributed by atoms with Crippen molar-refractivity contribution in [1.29, 1.82) is 0 Å². The molecule has 0 spiro atoms. The molecule has 5 heteroatoms. The molecule has 4 nitrogen and oxygen atoms in total. The molecule has 0 saturated heterocycles. The topological polar surface area (TPSA) is 66.4 Å². The molecular weight excluding hydrogens is 190 g/mol. The van der Waals surface area contributed by atoms with Crippen molar-refractivity contribution in [2.45, 2.75) is 26.3 Å². The zero-order valence-electron chi connectivity index (χ0n) is 7.78. The summed E-state index contributed by atoms with van der Waals surface area (Å²) in [6.45, 7) is 3.50. The fourth-order valence-electron chi connectivity index (χ4n) is 0.861. The van der Waals surface area contributed by atoms with Gasteiger partial charge in [0, 0.05) is 6.42 Å². The highest BCUT2D eigenvalue weighted by Gasteiger charge is 2.22. The smallest absolute Gasteiger partial charge is 0.326 e. The van der Waals surface area contributed by atoms with Crippen molar-refractivity contribution in [3.05, 3.63) is 0 Å². The summed E-state index contributed by atoms with van der Waals surface area (Å²) in [5, 5.41) is 11.2. The summed E-state index contributed by atoms with van der Waals surface area (Å²) >= 11 is 3.88. The van der Waals surface area contributed by atoms with E-state index in [1.807, 2.05) is 0 Å². The quantitative estimate of drug-likeness (QED) is 0.574. The van der Waals surface area contributed by atoms with Gasteiger partial charge in [-0.25, -0.2) is 4.79 Å². The second kappa shape index (κ2) is 5.85. The van der Waals surface area contributed by atoms with Crippen molar-refractivity contribution in [1.82, 2.24) is 5.32 Å². The third-order valence-electron chi connectivity index (χ3n) is 1.59. The molecule has 0 bridgehead atoms. The minimum atomic E-state index is -0.998. The first kappa shape index (κ1) is 12.3. The van der Waals surface area contributed by atoms with Gasteiger partial charge in [0.1, 0.15) is 6.04 Å². The average molecular weight is 205 g/mol. The number of carbonyl (C=O) groups is 2. The van der Waals surface area contributed by atoms with E-state index in [0.29, 0.717) is 5.75 Å². The number of thiol groups is 1. The van der Waals surface area contributed by atoms with E-state index in [9.17, 15) is 9.59 Å². The summed E-state index contributed by atoms with van der Waals surface area (Å²) in [4.78, 5) is 21.7. The van der Waals surface area contributed by atoms with E-state index < -0.39 is 12.0 Å². The van der Waals surface area contributed by atoms with Crippen LogP contribution in [0.3, 0.4) is 0 Å². The summed E-state index contributed by atoms with van der Waals surface area (Å²) in [7, 11) is 0. The van der Waals surface area contributed by atoms with Crippen molar-refractivity contribution in [3.8, 4) is 0 Å². The Morgan fingerprint density at radius 1 is 1.46 bits per heavy atom. The van der Waals surface area contributed by atoms with Crippen LogP contribution >= 0.6 is 12.6 Å². The average Bonchev–Trinajstić information content (AvgIpc) is 1.99. The fraction of sp³-hybridized carbons (Fsp3) is 0.750. The number of amides is 1. The van der Waals surface area contributed by atoms with E-state index in [-0.39, 0.29) is 18.2 Å². The standard InChI is InChI=1S/C8H15NO3S/c1-5(2)7(8(11)12)9-6(10)3-4-13/h5,7,13H,3-4H2,1-2H3,(H,9,10)(H,11,12)/t7-/m0/s1. The number of hydrogen-bond acceptors (Lipinski definition) is 3. The summed E-state index contributed by atoms with van der Waals surface area (Å²) in [5.74, 6) is -0.948. The largest absolute Gasteiger partial charge is 0.480 e. The Hall–Kier alpha value is -0.710. The van der Waals surface area contributed by atoms with E-state index in [0.717, 1.165) is 0 Å². The highest BCUT2D eigenvalue weighted by Crippen LogP contribution is 2.02. The van der Waals surface area contributed by atoms with Gasteiger partial charge < -0.3 is 10.4 Å². The molecule has 0 fully saturated rings. The van der Waals surface area contributed by atoms with Crippen LogP contribution in [0.25, 0.3) is 0 Å². The van der Waals surface area contributed by atoms with Crippen LogP contribution in [0.1, 0.15) is 20.3 Å². The van der Waals surface area contributed by atoms with Crippen LogP contribution in [-0.4, -0.2) is 28.8 Å². The third kappa shape index (κ3) is 4.77. The summed E-state index contributed by atoms with van der Waals surface area (Å²) < 4.78 is 0. The lowest BCUT2D eigenvalue weighted by Crippen LogP contribution is -2.44. The maximum atomic E-state index is 11.0. The van der Waals surface area contributed by atoms with Gasteiger partial charge in [-0.05, 0) is 11.7 Å². The second-order valence-electron chi connectivity index (χ2n) is 3.10. The molecule has 1 amide bonds. The van der Waals surface area contributed by atoms with Crippen molar-refractivity contribution in [2.24, 2.45) is 5.92 Å². The molecular formula is C8H15NO3S. The number of rotatable bonds is 5. The molecule has 0 aliphatic heterocycles. The molecule has 2 N–H and O–H groups in total. The molecule has 0 aliphatic carbocycles. The SMILES string of the molecule is CC(C)[C@H](NC(=O)CCS)C(=O)O. The van der Waals surface area contributed by atoms with Gasteiger partial charge >= 0.3 is 5.97 Å². The molecule has 0 rings (SSSR count). The normalized spacial score (nSPS) is 12.6. The minimum absolute atomic E-state index is 0.110. The second-order valence-corrected chi connectivity index (χ2v) is 3.55. The predicted octanol–water partition coefficient (Wildman–Crippen LogP) is 0.532. The van der Waals surface area contributed by atoms with E-state index in [1.54, 1.807) is 13.8 Å². The number of hydrogen-bond donors (Lipinski definition) is 3. The van der Waals surface area contributed by atoms with E-state index >= 15 is 0 Å². The molecule has 0 radical (unpaired) electrons. The summed E-state index contributed by atoms with van der Waals surface area (Å²) in [6, 6.07) is -0.799. The van der Waals surface area contributed by atoms with Crippen molar-refractivity contribution >= 4 is 24.5 Å². The molecule has 1 atom stereocenters. The Bertz CT molecular complexity index is 194. The number of carbonyl (C=O) groups excluding carboxylic acids is 1. The Kier molecular flexibility index (Phi) is 5.53. The Morgan fingerprint density at radius 3 is 2.31 bits per heavy atom. The van der Waals surface area contributed by atoms with Crippen LogP contribution in [0.4, 0.5) is 0 Å². The molecule has 0 aliphatic rings. The number of carboxylic acids is 1. The van der Waals surface area contributed by atoms with Crippen LogP contribution in [0, 0.1) is 5.92 Å². The zero-order chi connectivity index (χ0) is 10.4. The number of carboxylic acid groups (broad SMARTS) is 1. The maximum absolute atomic E-state index is 11.0. The van der Waals surface area contributed by atoms with Gasteiger partial charge in [0.05, 0.1) is 0 Å². The Morgan fingerprint density at radius 2 is 2.00 bits per heavy atom. The molecule has 0 aromatic rings. The van der Waals surface area contributed by atoms with Crippen molar-refractivity contribution in [2.75, 3.05) is 5.75 Å².